The number of nitrogen functional groups attached to an aromatic ring is 2. The van der Waals surface area contributed by atoms with Gasteiger partial charge in [0.2, 0.25) is 5.95 Å². The molecule has 2 aromatic rings. The highest BCUT2D eigenvalue weighted by Crippen LogP contribution is 2.26. The molecule has 0 unspecified atom stereocenters. The number of nitrogens with zero attached hydrogens (tertiary/aromatic N) is 2. The molecule has 4 heteroatoms. The maximum atomic E-state index is 5.65. The summed E-state index contributed by atoms with van der Waals surface area (Å²) in [6.45, 7) is 3.85. The van der Waals surface area contributed by atoms with Gasteiger partial charge in [0.15, 0.2) is 0 Å². The predicted octanol–water partition coefficient (Wildman–Crippen LogP) is 1.92. The van der Waals surface area contributed by atoms with Crippen molar-refractivity contribution in [2.24, 2.45) is 0 Å². The first-order valence-electron chi connectivity index (χ1n) is 5.04. The third-order valence-electron chi connectivity index (χ3n) is 2.49. The van der Waals surface area contributed by atoms with Crippen LogP contribution in [0.4, 0.5) is 11.6 Å². The van der Waals surface area contributed by atoms with E-state index in [9.17, 15) is 0 Å². The van der Waals surface area contributed by atoms with Gasteiger partial charge >= 0.3 is 0 Å². The Morgan fingerprint density at radius 2 is 1.38 bits per heavy atom. The van der Waals surface area contributed by atoms with Gasteiger partial charge in [0.25, 0.3) is 0 Å². The molecule has 0 saturated heterocycles. The molecular weight excluding hydrogens is 200 g/mol. The Kier molecular flexibility index (Phi) is 2.48. The predicted molar refractivity (Wildman–Crippen MR) is 65.8 cm³/mol. The molecule has 0 spiro atoms. The third kappa shape index (κ3) is 1.82. The maximum absolute atomic E-state index is 5.65. The largest absolute Gasteiger partial charge is 0.399 e. The van der Waals surface area contributed by atoms with Crippen molar-refractivity contribution in [2.45, 2.75) is 13.8 Å². The Hall–Kier alpha value is -2.10. The molecule has 1 aromatic heterocycles. The topological polar surface area (TPSA) is 77.8 Å². The maximum Gasteiger partial charge on any atom is 0.220 e. The molecule has 82 valence electrons. The molecule has 0 fully saturated rings. The zero-order valence-corrected chi connectivity index (χ0v) is 9.36. The average molecular weight is 214 g/mol. The van der Waals surface area contributed by atoms with Crippen LogP contribution in [0.5, 0.6) is 0 Å². The van der Waals surface area contributed by atoms with E-state index in [1.807, 2.05) is 38.1 Å². The van der Waals surface area contributed by atoms with Crippen molar-refractivity contribution in [3.8, 4) is 11.1 Å². The SMILES string of the molecule is Cc1nc(N)nc(C)c1-c1ccc(N)cc1. The van der Waals surface area contributed by atoms with Crippen molar-refractivity contribution in [1.29, 1.82) is 0 Å². The van der Waals surface area contributed by atoms with E-state index in [0.29, 0.717) is 5.95 Å². The van der Waals surface area contributed by atoms with E-state index in [1.165, 1.54) is 0 Å². The van der Waals surface area contributed by atoms with E-state index in [2.05, 4.69) is 9.97 Å². The average Bonchev–Trinajstić information content (AvgIpc) is 2.19. The van der Waals surface area contributed by atoms with Gasteiger partial charge in [0.1, 0.15) is 0 Å². The van der Waals surface area contributed by atoms with Crippen molar-refractivity contribution in [3.63, 3.8) is 0 Å². The van der Waals surface area contributed by atoms with E-state index in [-0.39, 0.29) is 0 Å². The number of nitrogens with two attached hydrogens (primary N) is 2. The van der Waals surface area contributed by atoms with Crippen molar-refractivity contribution in [2.75, 3.05) is 11.5 Å². The Morgan fingerprint density at radius 1 is 0.875 bits per heavy atom. The summed E-state index contributed by atoms with van der Waals surface area (Å²) in [4.78, 5) is 8.34. The molecule has 0 bridgehead atoms. The van der Waals surface area contributed by atoms with Crippen LogP contribution < -0.4 is 11.5 Å². The van der Waals surface area contributed by atoms with Crippen LogP contribution in [0.25, 0.3) is 11.1 Å². The lowest BCUT2D eigenvalue weighted by Gasteiger charge is -2.09. The number of hydrogen-bond acceptors (Lipinski definition) is 4. The van der Waals surface area contributed by atoms with E-state index in [0.717, 1.165) is 28.2 Å². The molecule has 1 heterocycles. The van der Waals surface area contributed by atoms with Crippen molar-refractivity contribution < 1.29 is 0 Å². The van der Waals surface area contributed by atoms with Crippen LogP contribution >= 0.6 is 0 Å². The van der Waals surface area contributed by atoms with Crippen LogP contribution in [-0.2, 0) is 0 Å². The minimum atomic E-state index is 0.314. The molecule has 0 atom stereocenters. The second-order valence-corrected chi connectivity index (χ2v) is 3.75. The summed E-state index contributed by atoms with van der Waals surface area (Å²) in [5, 5.41) is 0. The summed E-state index contributed by atoms with van der Waals surface area (Å²) in [6.07, 6.45) is 0. The van der Waals surface area contributed by atoms with Gasteiger partial charge in [0.05, 0.1) is 11.4 Å². The molecule has 0 aliphatic carbocycles. The van der Waals surface area contributed by atoms with Crippen molar-refractivity contribution >= 4 is 11.6 Å². The summed E-state index contributed by atoms with van der Waals surface area (Å²) >= 11 is 0. The molecule has 0 amide bonds. The minimum absolute atomic E-state index is 0.314. The standard InChI is InChI=1S/C12H14N4/c1-7-11(8(2)16-12(14)15-7)9-3-5-10(13)6-4-9/h3-6H,13H2,1-2H3,(H2,14,15,16). The Morgan fingerprint density at radius 3 is 1.88 bits per heavy atom. The number of aryl methyl sites for hydroxylation is 2. The van der Waals surface area contributed by atoms with Crippen LogP contribution in [-0.4, -0.2) is 9.97 Å². The number of anilines is 2. The second kappa shape index (κ2) is 3.81. The van der Waals surface area contributed by atoms with Crippen LogP contribution in [0.15, 0.2) is 24.3 Å². The normalized spacial score (nSPS) is 10.4. The Labute approximate surface area is 94.3 Å². The van der Waals surface area contributed by atoms with Gasteiger partial charge in [0, 0.05) is 11.3 Å². The third-order valence-corrected chi connectivity index (χ3v) is 2.49. The molecular formula is C12H14N4. The lowest BCUT2D eigenvalue weighted by Crippen LogP contribution is -2.02. The van der Waals surface area contributed by atoms with Gasteiger partial charge in [-0.3, -0.25) is 0 Å². The monoisotopic (exact) mass is 214 g/mol. The fourth-order valence-electron chi connectivity index (χ4n) is 1.81. The molecule has 4 nitrogen and oxygen atoms in total. The smallest absolute Gasteiger partial charge is 0.220 e. The number of hydrogen-bond donors (Lipinski definition) is 2. The summed E-state index contributed by atoms with van der Waals surface area (Å²) in [5.74, 6) is 0.314. The molecule has 4 N–H and O–H groups in total. The number of aromatic nitrogens is 2. The van der Waals surface area contributed by atoms with Gasteiger partial charge < -0.3 is 11.5 Å². The number of rotatable bonds is 1. The second-order valence-electron chi connectivity index (χ2n) is 3.75. The van der Waals surface area contributed by atoms with Crippen LogP contribution in [0.2, 0.25) is 0 Å². The van der Waals surface area contributed by atoms with Crippen LogP contribution in [0.1, 0.15) is 11.4 Å². The first-order valence-corrected chi connectivity index (χ1v) is 5.04. The zero-order valence-electron chi connectivity index (χ0n) is 9.36. The summed E-state index contributed by atoms with van der Waals surface area (Å²) < 4.78 is 0. The molecule has 0 aliphatic rings. The molecule has 0 saturated carbocycles. The van der Waals surface area contributed by atoms with Crippen LogP contribution in [0.3, 0.4) is 0 Å². The minimum Gasteiger partial charge on any atom is -0.399 e. The van der Waals surface area contributed by atoms with Gasteiger partial charge in [-0.05, 0) is 31.5 Å². The highest BCUT2D eigenvalue weighted by Gasteiger charge is 2.08. The van der Waals surface area contributed by atoms with Crippen LogP contribution in [0, 0.1) is 13.8 Å². The van der Waals surface area contributed by atoms with Gasteiger partial charge in [-0.15, -0.1) is 0 Å². The van der Waals surface area contributed by atoms with E-state index in [1.54, 1.807) is 0 Å². The first kappa shape index (κ1) is 10.4. The summed E-state index contributed by atoms with van der Waals surface area (Å²) in [6, 6.07) is 7.66. The Bertz CT molecular complexity index is 494. The molecule has 0 aliphatic heterocycles. The molecule has 16 heavy (non-hydrogen) atoms. The van der Waals surface area contributed by atoms with Gasteiger partial charge in [-0.2, -0.15) is 0 Å². The highest BCUT2D eigenvalue weighted by atomic mass is 15.0. The highest BCUT2D eigenvalue weighted by molar-refractivity contribution is 5.70. The molecule has 0 radical (unpaired) electrons. The lowest BCUT2D eigenvalue weighted by atomic mass is 10.0. The zero-order chi connectivity index (χ0) is 11.7. The summed E-state index contributed by atoms with van der Waals surface area (Å²) in [5.41, 5.74) is 15.8. The van der Waals surface area contributed by atoms with Gasteiger partial charge in [-0.1, -0.05) is 12.1 Å². The summed E-state index contributed by atoms with van der Waals surface area (Å²) in [7, 11) is 0. The molecule has 2 rings (SSSR count). The van der Waals surface area contributed by atoms with Crippen molar-refractivity contribution in [1.82, 2.24) is 9.97 Å². The number of benzene rings is 1. The van der Waals surface area contributed by atoms with E-state index in [4.69, 9.17) is 11.5 Å². The first-order chi connectivity index (χ1) is 7.58. The fraction of sp³-hybridized carbons (Fsp3) is 0.167. The van der Waals surface area contributed by atoms with Crippen molar-refractivity contribution in [3.05, 3.63) is 35.7 Å². The molecule has 1 aromatic carbocycles. The van der Waals surface area contributed by atoms with Gasteiger partial charge in [-0.25, -0.2) is 9.97 Å². The lowest BCUT2D eigenvalue weighted by molar-refractivity contribution is 1.07. The quantitative estimate of drug-likeness (QED) is 0.711. The van der Waals surface area contributed by atoms with E-state index < -0.39 is 0 Å². The van der Waals surface area contributed by atoms with E-state index >= 15 is 0 Å². The fourth-order valence-corrected chi connectivity index (χ4v) is 1.81. The Balaban J connectivity index is 2.60.